The van der Waals surface area contributed by atoms with Crippen LogP contribution in [0.1, 0.15) is 51.8 Å². The van der Waals surface area contributed by atoms with Crippen molar-refractivity contribution in [1.82, 2.24) is 10.2 Å². The summed E-state index contributed by atoms with van der Waals surface area (Å²) < 4.78 is 5.30. The molecular weight excluding hydrogens is 446 g/mol. The van der Waals surface area contributed by atoms with Gasteiger partial charge in [0.2, 0.25) is 0 Å². The predicted octanol–water partition coefficient (Wildman–Crippen LogP) is 4.35. The van der Waals surface area contributed by atoms with Gasteiger partial charge in [-0.2, -0.15) is 0 Å². The van der Waals surface area contributed by atoms with Crippen LogP contribution in [-0.2, 0) is 14.3 Å². The van der Waals surface area contributed by atoms with Crippen molar-refractivity contribution in [3.8, 4) is 18.2 Å². The van der Waals surface area contributed by atoms with Gasteiger partial charge in [0.1, 0.15) is 23.4 Å². The van der Waals surface area contributed by atoms with Gasteiger partial charge in [-0.25, -0.2) is 4.79 Å². The zero-order chi connectivity index (χ0) is 26.3. The van der Waals surface area contributed by atoms with Gasteiger partial charge in [0.25, 0.3) is 11.8 Å². The average molecular weight is 480 g/mol. The average Bonchev–Trinajstić information content (AvgIpc) is 2.75. The number of nitrogens with one attached hydrogen (secondary N) is 2. The number of phenolic OH excluding ortho intramolecular Hbond substituents is 1. The minimum Gasteiger partial charge on any atom is -0.508 e. The molecule has 0 bridgehead atoms. The Balaban J connectivity index is 2.46. The number of amides is 3. The molecule has 0 heterocycles. The lowest BCUT2D eigenvalue weighted by atomic mass is 9.99. The first-order valence-corrected chi connectivity index (χ1v) is 11.3. The Morgan fingerprint density at radius 2 is 1.74 bits per heavy atom. The van der Waals surface area contributed by atoms with Crippen LogP contribution in [0, 0.1) is 25.3 Å². The first kappa shape index (κ1) is 27.3. The Bertz CT molecular complexity index is 1110. The van der Waals surface area contributed by atoms with Crippen LogP contribution in [0.3, 0.4) is 0 Å². The SMILES string of the molecule is C#CN(C(=O)C(NC(=O)OC(C)(C)C)C(C)C)C(C(=O)Nc1ccccc1C)c1cccc(O)c1. The summed E-state index contributed by atoms with van der Waals surface area (Å²) in [6.45, 7) is 10.4. The molecule has 3 N–H and O–H groups in total. The van der Waals surface area contributed by atoms with Crippen LogP contribution in [0.2, 0.25) is 0 Å². The minimum atomic E-state index is -1.28. The molecule has 186 valence electrons. The van der Waals surface area contributed by atoms with Crippen molar-refractivity contribution in [3.63, 3.8) is 0 Å². The quantitative estimate of drug-likeness (QED) is 0.404. The fourth-order valence-corrected chi connectivity index (χ4v) is 3.39. The van der Waals surface area contributed by atoms with Crippen molar-refractivity contribution >= 4 is 23.6 Å². The number of nitrogens with zero attached hydrogens (tertiary/aromatic N) is 1. The van der Waals surface area contributed by atoms with E-state index < -0.39 is 35.6 Å². The highest BCUT2D eigenvalue weighted by Gasteiger charge is 2.37. The number of anilines is 1. The number of alkyl carbamates (subject to hydrolysis) is 1. The number of benzene rings is 2. The molecule has 3 amide bonds. The van der Waals surface area contributed by atoms with E-state index in [2.05, 4.69) is 16.7 Å². The van der Waals surface area contributed by atoms with E-state index in [0.29, 0.717) is 11.3 Å². The molecule has 0 spiro atoms. The summed E-state index contributed by atoms with van der Waals surface area (Å²) in [6, 6.07) is 13.1. The number of carbonyl (C=O) groups is 3. The third-order valence-corrected chi connectivity index (χ3v) is 5.08. The summed E-state index contributed by atoms with van der Waals surface area (Å²) in [5.74, 6) is -1.69. The van der Waals surface area contributed by atoms with Gasteiger partial charge in [-0.1, -0.05) is 50.6 Å². The van der Waals surface area contributed by atoms with Gasteiger partial charge < -0.3 is 20.5 Å². The molecule has 0 saturated heterocycles. The zero-order valence-corrected chi connectivity index (χ0v) is 21.0. The summed E-state index contributed by atoms with van der Waals surface area (Å²) in [6.07, 6.45) is 4.97. The van der Waals surface area contributed by atoms with Crippen LogP contribution < -0.4 is 10.6 Å². The van der Waals surface area contributed by atoms with E-state index in [9.17, 15) is 19.5 Å². The molecule has 2 rings (SSSR count). The van der Waals surface area contributed by atoms with Gasteiger partial charge in [0.05, 0.1) is 0 Å². The second kappa shape index (κ2) is 11.4. The normalized spacial score (nSPS) is 12.7. The standard InChI is InChI=1S/C27H33N3O5/c1-8-30(25(33)22(17(2)3)29-26(34)35-27(5,6)7)23(19-13-11-14-20(31)16-19)24(32)28-21-15-10-9-12-18(21)4/h1,9-17,22-23,31H,2-7H3,(H,28,32)(H,29,34). The molecule has 0 aliphatic rings. The molecule has 0 aliphatic heterocycles. The van der Waals surface area contributed by atoms with Crippen LogP contribution in [-0.4, -0.2) is 39.6 Å². The number of carbonyl (C=O) groups excluding carboxylic acids is 3. The summed E-state index contributed by atoms with van der Waals surface area (Å²) in [5.41, 5.74) is 0.917. The minimum absolute atomic E-state index is 0.0899. The Morgan fingerprint density at radius 1 is 1.09 bits per heavy atom. The number of aromatic hydroxyl groups is 1. The molecule has 8 heteroatoms. The highest BCUT2D eigenvalue weighted by molar-refractivity contribution is 6.00. The van der Waals surface area contributed by atoms with Crippen LogP contribution in [0.5, 0.6) is 5.75 Å². The van der Waals surface area contributed by atoms with Gasteiger partial charge in [-0.15, -0.1) is 0 Å². The highest BCUT2D eigenvalue weighted by atomic mass is 16.6. The molecule has 8 nitrogen and oxygen atoms in total. The monoisotopic (exact) mass is 479 g/mol. The van der Waals surface area contributed by atoms with E-state index in [1.807, 2.05) is 19.1 Å². The van der Waals surface area contributed by atoms with Crippen molar-refractivity contribution in [2.45, 2.75) is 59.2 Å². The third-order valence-electron chi connectivity index (χ3n) is 5.08. The Labute approximate surface area is 206 Å². The molecule has 0 fully saturated rings. The molecule has 0 aliphatic carbocycles. The summed E-state index contributed by atoms with van der Waals surface area (Å²) in [7, 11) is 0. The van der Waals surface area contributed by atoms with Crippen molar-refractivity contribution in [1.29, 1.82) is 0 Å². The van der Waals surface area contributed by atoms with Gasteiger partial charge >= 0.3 is 6.09 Å². The number of phenols is 1. The molecule has 0 aromatic heterocycles. The molecular formula is C27H33N3O5. The van der Waals surface area contributed by atoms with Crippen molar-refractivity contribution in [2.75, 3.05) is 5.32 Å². The van der Waals surface area contributed by atoms with Gasteiger partial charge in [-0.3, -0.25) is 14.5 Å². The Kier molecular flexibility index (Phi) is 8.90. The molecule has 0 radical (unpaired) electrons. The van der Waals surface area contributed by atoms with Crippen molar-refractivity contribution < 1.29 is 24.2 Å². The first-order chi connectivity index (χ1) is 16.3. The fraction of sp³-hybridized carbons (Fsp3) is 0.370. The number of terminal acetylenes is 1. The summed E-state index contributed by atoms with van der Waals surface area (Å²) in [5, 5.41) is 15.4. The Hall–Kier alpha value is -3.99. The van der Waals surface area contributed by atoms with Crippen molar-refractivity contribution in [3.05, 3.63) is 59.7 Å². The number of hydrogen-bond acceptors (Lipinski definition) is 5. The predicted molar refractivity (Wildman–Crippen MR) is 134 cm³/mol. The first-order valence-electron chi connectivity index (χ1n) is 11.3. The highest BCUT2D eigenvalue weighted by Crippen LogP contribution is 2.27. The smallest absolute Gasteiger partial charge is 0.408 e. The van der Waals surface area contributed by atoms with Crippen LogP contribution in [0.25, 0.3) is 0 Å². The molecule has 35 heavy (non-hydrogen) atoms. The van der Waals surface area contributed by atoms with Gasteiger partial charge in [0.15, 0.2) is 0 Å². The van der Waals surface area contributed by atoms with Crippen LogP contribution in [0.4, 0.5) is 10.5 Å². The number of aryl methyl sites for hydroxylation is 1. The van der Waals surface area contributed by atoms with E-state index in [1.54, 1.807) is 58.9 Å². The van der Waals surface area contributed by atoms with E-state index in [0.717, 1.165) is 10.5 Å². The number of rotatable bonds is 7. The third kappa shape index (κ3) is 7.51. The number of para-hydroxylation sites is 1. The molecule has 2 unspecified atom stereocenters. The second-order valence-electron chi connectivity index (χ2n) is 9.51. The van der Waals surface area contributed by atoms with Crippen LogP contribution in [0.15, 0.2) is 48.5 Å². The maximum atomic E-state index is 13.6. The van der Waals surface area contributed by atoms with Crippen molar-refractivity contribution in [2.24, 2.45) is 5.92 Å². The lowest BCUT2D eigenvalue weighted by Gasteiger charge is -2.32. The lowest BCUT2D eigenvalue weighted by molar-refractivity contribution is -0.137. The van der Waals surface area contributed by atoms with E-state index in [-0.39, 0.29) is 11.7 Å². The maximum Gasteiger partial charge on any atom is 0.408 e. The van der Waals surface area contributed by atoms with E-state index in [4.69, 9.17) is 11.2 Å². The molecule has 2 atom stereocenters. The largest absolute Gasteiger partial charge is 0.508 e. The number of hydrogen-bond donors (Lipinski definition) is 3. The van der Waals surface area contributed by atoms with E-state index in [1.165, 1.54) is 12.1 Å². The van der Waals surface area contributed by atoms with E-state index >= 15 is 0 Å². The van der Waals surface area contributed by atoms with Gasteiger partial charge in [-0.05, 0) is 62.9 Å². The van der Waals surface area contributed by atoms with Gasteiger partial charge in [0, 0.05) is 11.7 Å². The van der Waals surface area contributed by atoms with Crippen LogP contribution >= 0.6 is 0 Å². The molecule has 2 aromatic rings. The number of ether oxygens (including phenoxy) is 1. The molecule has 0 saturated carbocycles. The maximum absolute atomic E-state index is 13.6. The zero-order valence-electron chi connectivity index (χ0n) is 21.0. The topological polar surface area (TPSA) is 108 Å². The fourth-order valence-electron chi connectivity index (χ4n) is 3.39. The summed E-state index contributed by atoms with van der Waals surface area (Å²) >= 11 is 0. The second-order valence-corrected chi connectivity index (χ2v) is 9.51. The molecule has 2 aromatic carbocycles. The lowest BCUT2D eigenvalue weighted by Crippen LogP contribution is -2.53. The summed E-state index contributed by atoms with van der Waals surface area (Å²) in [4.78, 5) is 40.5. The Morgan fingerprint density at radius 3 is 2.29 bits per heavy atom.